The number of carbonyl (C=O) groups excluding carboxylic acids is 1. The van der Waals surface area contributed by atoms with Crippen LogP contribution in [0.1, 0.15) is 77.7 Å². The zero-order valence-electron chi connectivity index (χ0n) is 17.7. The number of hydrogen-bond donors (Lipinski definition) is 1. The molecule has 0 bridgehead atoms. The third kappa shape index (κ3) is 4.07. The van der Waals surface area contributed by atoms with Crippen LogP contribution in [0.2, 0.25) is 0 Å². The van der Waals surface area contributed by atoms with Gasteiger partial charge in [0.15, 0.2) is 5.78 Å². The van der Waals surface area contributed by atoms with Crippen molar-refractivity contribution in [2.45, 2.75) is 78.2 Å². The smallest absolute Gasteiger partial charge is 0.161 e. The fraction of sp³-hybridized carbons (Fsp3) is 0.542. The molecule has 0 unspecified atom stereocenters. The van der Waals surface area contributed by atoms with E-state index in [9.17, 15) is 10.1 Å². The number of nitrogens with zero attached hydrogens (tertiary/aromatic N) is 3. The van der Waals surface area contributed by atoms with E-state index >= 15 is 0 Å². The lowest BCUT2D eigenvalue weighted by Crippen LogP contribution is -2.35. The van der Waals surface area contributed by atoms with Crippen molar-refractivity contribution in [2.24, 2.45) is 10.5 Å². The largest absolute Gasteiger partial charge is 0.381 e. The lowest BCUT2D eigenvalue weighted by molar-refractivity contribution is -0.118. The maximum Gasteiger partial charge on any atom is 0.161 e. The lowest BCUT2D eigenvalue weighted by Gasteiger charge is -2.38. The second-order valence-corrected chi connectivity index (χ2v) is 9.51. The number of nitriles is 1. The van der Waals surface area contributed by atoms with E-state index in [0.29, 0.717) is 24.4 Å². The number of Topliss-reactive ketones (excluding diaryl/α,β-unsaturated/α-hetero) is 1. The van der Waals surface area contributed by atoms with Crippen LogP contribution in [0.4, 0.5) is 11.4 Å². The molecule has 1 heterocycles. The number of anilines is 2. The highest BCUT2D eigenvalue weighted by Gasteiger charge is 2.37. The third-order valence-corrected chi connectivity index (χ3v) is 6.26. The van der Waals surface area contributed by atoms with Gasteiger partial charge in [-0.25, -0.2) is 5.01 Å². The summed E-state index contributed by atoms with van der Waals surface area (Å²) in [5, 5.41) is 20.0. The molecule has 5 heteroatoms. The normalized spacial score (nSPS) is 22.1. The minimum atomic E-state index is -0.0648. The molecule has 0 spiro atoms. The average Bonchev–Trinajstić information content (AvgIpc) is 2.68. The average molecular weight is 391 g/mol. The van der Waals surface area contributed by atoms with Gasteiger partial charge in [0.2, 0.25) is 0 Å². The van der Waals surface area contributed by atoms with E-state index in [0.717, 1.165) is 47.6 Å². The topological polar surface area (TPSA) is 68.5 Å². The molecule has 1 fully saturated rings. The van der Waals surface area contributed by atoms with Crippen LogP contribution in [0.3, 0.4) is 0 Å². The van der Waals surface area contributed by atoms with Gasteiger partial charge in [-0.05, 0) is 49.8 Å². The first-order valence-electron chi connectivity index (χ1n) is 10.8. The van der Waals surface area contributed by atoms with Gasteiger partial charge in [0.05, 0.1) is 22.6 Å². The van der Waals surface area contributed by atoms with Crippen LogP contribution in [0, 0.1) is 16.7 Å². The van der Waals surface area contributed by atoms with Crippen molar-refractivity contribution < 1.29 is 4.79 Å². The van der Waals surface area contributed by atoms with Gasteiger partial charge in [-0.3, -0.25) is 4.79 Å². The van der Waals surface area contributed by atoms with E-state index in [2.05, 4.69) is 25.2 Å². The zero-order valence-corrected chi connectivity index (χ0v) is 17.7. The minimum Gasteiger partial charge on any atom is -0.381 e. The van der Waals surface area contributed by atoms with Crippen molar-refractivity contribution in [1.82, 2.24) is 0 Å². The molecule has 1 N–H and O–H groups in total. The number of rotatable bonds is 3. The number of benzene rings is 1. The first-order chi connectivity index (χ1) is 13.9. The van der Waals surface area contributed by atoms with Gasteiger partial charge in [-0.1, -0.05) is 33.1 Å². The van der Waals surface area contributed by atoms with Crippen molar-refractivity contribution in [1.29, 1.82) is 5.26 Å². The van der Waals surface area contributed by atoms with Crippen LogP contribution in [0.5, 0.6) is 0 Å². The summed E-state index contributed by atoms with van der Waals surface area (Å²) < 4.78 is 0. The second-order valence-electron chi connectivity index (χ2n) is 9.51. The highest BCUT2D eigenvalue weighted by molar-refractivity contribution is 6.05. The van der Waals surface area contributed by atoms with Crippen LogP contribution in [-0.2, 0) is 4.79 Å². The number of carbonyl (C=O) groups is 1. The number of ketones is 1. The van der Waals surface area contributed by atoms with Crippen molar-refractivity contribution in [3.8, 4) is 6.07 Å². The molecule has 1 aromatic rings. The first-order valence-corrected chi connectivity index (χ1v) is 10.8. The highest BCUT2D eigenvalue weighted by Crippen LogP contribution is 2.43. The fourth-order valence-electron chi connectivity index (χ4n) is 4.81. The summed E-state index contributed by atoms with van der Waals surface area (Å²) in [6, 6.07) is 8.59. The van der Waals surface area contributed by atoms with Crippen LogP contribution in [-0.4, -0.2) is 17.5 Å². The summed E-state index contributed by atoms with van der Waals surface area (Å²) in [4.78, 5) is 12.8. The number of hydrogen-bond acceptors (Lipinski definition) is 5. The Morgan fingerprint density at radius 2 is 1.97 bits per heavy atom. The number of hydrazone groups is 1. The monoisotopic (exact) mass is 390 g/mol. The molecule has 1 aromatic carbocycles. The molecular weight excluding hydrogens is 360 g/mol. The van der Waals surface area contributed by atoms with Gasteiger partial charge < -0.3 is 5.32 Å². The highest BCUT2D eigenvalue weighted by atomic mass is 16.1. The molecule has 5 nitrogen and oxygen atoms in total. The van der Waals surface area contributed by atoms with Crippen LogP contribution >= 0.6 is 0 Å². The Hall–Kier alpha value is -2.61. The van der Waals surface area contributed by atoms with E-state index in [4.69, 9.17) is 5.10 Å². The number of nitrogens with one attached hydrogen (secondary N) is 1. The van der Waals surface area contributed by atoms with Crippen molar-refractivity contribution >= 4 is 22.9 Å². The summed E-state index contributed by atoms with van der Waals surface area (Å²) in [5.74, 6) is 0.240. The van der Waals surface area contributed by atoms with Crippen molar-refractivity contribution in [3.05, 3.63) is 35.0 Å². The maximum absolute atomic E-state index is 12.8. The Bertz CT molecular complexity index is 929. The predicted octanol–water partition coefficient (Wildman–Crippen LogP) is 5.53. The summed E-state index contributed by atoms with van der Waals surface area (Å²) in [6.07, 6.45) is 8.13. The zero-order chi connectivity index (χ0) is 20.6. The first kappa shape index (κ1) is 19.7. The Balaban J connectivity index is 1.71. The second kappa shape index (κ2) is 7.67. The standard InChI is InChI=1S/C24H30N4O/c1-16-11-20-22(13-24(2,3)14-23(20)29)28(27-16)19-10-9-17(15-25)21(12-19)26-18-7-5-4-6-8-18/h9-10,12,18,26H,4-8,11,13-14H2,1-3H3. The van der Waals surface area contributed by atoms with E-state index in [-0.39, 0.29) is 11.2 Å². The fourth-order valence-corrected chi connectivity index (χ4v) is 4.81. The Labute approximate surface area is 173 Å². The van der Waals surface area contributed by atoms with Gasteiger partial charge in [-0.15, -0.1) is 0 Å². The summed E-state index contributed by atoms with van der Waals surface area (Å²) in [6.45, 7) is 6.27. The molecule has 0 amide bonds. The molecule has 0 saturated heterocycles. The molecule has 29 heavy (non-hydrogen) atoms. The Morgan fingerprint density at radius 1 is 1.21 bits per heavy atom. The lowest BCUT2D eigenvalue weighted by atomic mass is 9.74. The molecule has 2 aliphatic carbocycles. The van der Waals surface area contributed by atoms with E-state index < -0.39 is 0 Å². The molecule has 152 valence electrons. The number of allylic oxidation sites excluding steroid dienone is 2. The summed E-state index contributed by atoms with van der Waals surface area (Å²) in [7, 11) is 0. The van der Waals surface area contributed by atoms with Crippen molar-refractivity contribution in [2.75, 3.05) is 10.3 Å². The Morgan fingerprint density at radius 3 is 2.69 bits per heavy atom. The SMILES string of the molecule is CC1=NN(c2ccc(C#N)c(NC3CCCCC3)c2)C2=C(C1)C(=O)CC(C)(C)C2. The van der Waals surface area contributed by atoms with Crippen LogP contribution in [0.15, 0.2) is 34.6 Å². The van der Waals surface area contributed by atoms with E-state index in [1.807, 2.05) is 30.1 Å². The Kier molecular flexibility index (Phi) is 5.21. The molecule has 3 aliphatic rings. The molecule has 4 rings (SSSR count). The van der Waals surface area contributed by atoms with Crippen molar-refractivity contribution in [3.63, 3.8) is 0 Å². The van der Waals surface area contributed by atoms with Gasteiger partial charge in [0.1, 0.15) is 6.07 Å². The minimum absolute atomic E-state index is 0.0648. The predicted molar refractivity (Wildman–Crippen MR) is 117 cm³/mol. The summed E-state index contributed by atoms with van der Waals surface area (Å²) >= 11 is 0. The van der Waals surface area contributed by atoms with Gasteiger partial charge in [0, 0.05) is 30.2 Å². The molecule has 0 aromatic heterocycles. The third-order valence-electron chi connectivity index (χ3n) is 6.26. The quantitative estimate of drug-likeness (QED) is 0.736. The van der Waals surface area contributed by atoms with Crippen LogP contribution in [0.25, 0.3) is 0 Å². The van der Waals surface area contributed by atoms with E-state index in [1.165, 1.54) is 19.3 Å². The van der Waals surface area contributed by atoms with Gasteiger partial charge in [-0.2, -0.15) is 10.4 Å². The molecule has 1 saturated carbocycles. The van der Waals surface area contributed by atoms with E-state index in [1.54, 1.807) is 0 Å². The molecule has 0 radical (unpaired) electrons. The van der Waals surface area contributed by atoms with Crippen LogP contribution < -0.4 is 10.3 Å². The summed E-state index contributed by atoms with van der Waals surface area (Å²) in [5.41, 5.74) is 5.26. The molecule has 0 atom stereocenters. The molecular formula is C24H30N4O. The molecule has 1 aliphatic heterocycles. The van der Waals surface area contributed by atoms with Gasteiger partial charge >= 0.3 is 0 Å². The van der Waals surface area contributed by atoms with Gasteiger partial charge in [0.25, 0.3) is 0 Å². The maximum atomic E-state index is 12.8.